The first kappa shape index (κ1) is 21.4. The standard InChI is InChI=1S/C21H23FN4O4/c1-14(20(27)24-18-3-2-4-19(13-18)26(29)30)25-11-9-17(10-12-25)23-21(28)15-5-7-16(22)8-6-15/h2-8,13-14,17H,9-12H2,1H3,(H,23,28)(H,24,27). The van der Waals surface area contributed by atoms with Gasteiger partial charge in [0.1, 0.15) is 5.82 Å². The molecule has 2 amide bonds. The highest BCUT2D eigenvalue weighted by molar-refractivity contribution is 5.95. The number of nitro groups is 1. The van der Waals surface area contributed by atoms with Gasteiger partial charge in [0.15, 0.2) is 0 Å². The number of amides is 2. The first-order valence-corrected chi connectivity index (χ1v) is 9.69. The molecule has 1 heterocycles. The summed E-state index contributed by atoms with van der Waals surface area (Å²) in [6.07, 6.45) is 1.36. The largest absolute Gasteiger partial charge is 0.349 e. The van der Waals surface area contributed by atoms with Crippen LogP contribution in [0.25, 0.3) is 0 Å². The maximum absolute atomic E-state index is 13.0. The molecule has 1 unspecified atom stereocenters. The molecule has 1 saturated heterocycles. The Morgan fingerprint density at radius 3 is 2.47 bits per heavy atom. The van der Waals surface area contributed by atoms with Gasteiger partial charge in [-0.25, -0.2) is 4.39 Å². The smallest absolute Gasteiger partial charge is 0.271 e. The first-order valence-electron chi connectivity index (χ1n) is 9.69. The van der Waals surface area contributed by atoms with Gasteiger partial charge in [-0.1, -0.05) is 6.07 Å². The maximum atomic E-state index is 13.0. The molecule has 2 N–H and O–H groups in total. The molecule has 30 heavy (non-hydrogen) atoms. The maximum Gasteiger partial charge on any atom is 0.271 e. The Bertz CT molecular complexity index is 927. The molecule has 1 atom stereocenters. The van der Waals surface area contributed by atoms with Crippen molar-refractivity contribution in [1.82, 2.24) is 10.2 Å². The molecule has 0 aliphatic carbocycles. The fraction of sp³-hybridized carbons (Fsp3) is 0.333. The molecule has 3 rings (SSSR count). The van der Waals surface area contributed by atoms with Gasteiger partial charge < -0.3 is 10.6 Å². The number of benzene rings is 2. The zero-order valence-corrected chi connectivity index (χ0v) is 16.5. The minimum atomic E-state index is -0.510. The Morgan fingerprint density at radius 2 is 1.83 bits per heavy atom. The Hall–Kier alpha value is -3.33. The van der Waals surface area contributed by atoms with E-state index in [2.05, 4.69) is 10.6 Å². The van der Waals surface area contributed by atoms with Crippen LogP contribution in [0.3, 0.4) is 0 Å². The van der Waals surface area contributed by atoms with Gasteiger partial charge in [0, 0.05) is 42.5 Å². The van der Waals surface area contributed by atoms with Crippen molar-refractivity contribution in [3.05, 3.63) is 70.0 Å². The molecule has 0 aromatic heterocycles. The Morgan fingerprint density at radius 1 is 1.17 bits per heavy atom. The Labute approximate surface area is 173 Å². The van der Waals surface area contributed by atoms with Crippen LogP contribution >= 0.6 is 0 Å². The Balaban J connectivity index is 1.49. The van der Waals surface area contributed by atoms with Gasteiger partial charge in [-0.05, 0) is 50.1 Å². The monoisotopic (exact) mass is 414 g/mol. The molecule has 2 aromatic carbocycles. The number of nitrogens with zero attached hydrogens (tertiary/aromatic N) is 2. The van der Waals surface area contributed by atoms with Crippen LogP contribution in [-0.2, 0) is 4.79 Å². The molecule has 0 spiro atoms. The van der Waals surface area contributed by atoms with Crippen LogP contribution in [0.4, 0.5) is 15.8 Å². The highest BCUT2D eigenvalue weighted by Gasteiger charge is 2.27. The summed E-state index contributed by atoms with van der Waals surface area (Å²) in [5, 5.41) is 16.5. The number of likely N-dealkylation sites (tertiary alicyclic amines) is 1. The fourth-order valence-corrected chi connectivity index (χ4v) is 3.41. The van der Waals surface area contributed by atoms with E-state index < -0.39 is 16.8 Å². The number of piperidine rings is 1. The molecule has 1 fully saturated rings. The van der Waals surface area contributed by atoms with Crippen molar-refractivity contribution in [3.63, 3.8) is 0 Å². The number of halogens is 1. The first-order chi connectivity index (χ1) is 14.3. The van der Waals surface area contributed by atoms with Crippen LogP contribution in [0.5, 0.6) is 0 Å². The molecular weight excluding hydrogens is 391 g/mol. The molecular formula is C21H23FN4O4. The molecule has 0 radical (unpaired) electrons. The van der Waals surface area contributed by atoms with Gasteiger partial charge in [0.25, 0.3) is 11.6 Å². The SMILES string of the molecule is CC(C(=O)Nc1cccc([N+](=O)[O-])c1)N1CCC(NC(=O)c2ccc(F)cc2)CC1. The van der Waals surface area contributed by atoms with Gasteiger partial charge >= 0.3 is 0 Å². The zero-order chi connectivity index (χ0) is 21.7. The molecule has 158 valence electrons. The third kappa shape index (κ3) is 5.38. The number of nitrogens with one attached hydrogen (secondary N) is 2. The van der Waals surface area contributed by atoms with Crippen LogP contribution in [-0.4, -0.2) is 46.8 Å². The summed E-state index contributed by atoms with van der Waals surface area (Å²) in [7, 11) is 0. The van der Waals surface area contributed by atoms with Crippen LogP contribution in [0.1, 0.15) is 30.1 Å². The number of carbonyl (C=O) groups is 2. The minimum Gasteiger partial charge on any atom is -0.349 e. The third-order valence-corrected chi connectivity index (χ3v) is 5.22. The van der Waals surface area contributed by atoms with Crippen LogP contribution < -0.4 is 10.6 Å². The molecule has 0 bridgehead atoms. The predicted molar refractivity (Wildman–Crippen MR) is 110 cm³/mol. The summed E-state index contributed by atoms with van der Waals surface area (Å²) >= 11 is 0. The number of nitro benzene ring substituents is 1. The normalized spacial score (nSPS) is 15.9. The van der Waals surface area contributed by atoms with E-state index in [9.17, 15) is 24.1 Å². The topological polar surface area (TPSA) is 105 Å². The van der Waals surface area contributed by atoms with Gasteiger partial charge in [0.2, 0.25) is 5.91 Å². The fourth-order valence-electron chi connectivity index (χ4n) is 3.41. The number of hydrogen-bond donors (Lipinski definition) is 2. The quantitative estimate of drug-likeness (QED) is 0.559. The highest BCUT2D eigenvalue weighted by atomic mass is 19.1. The van der Waals surface area contributed by atoms with E-state index >= 15 is 0 Å². The summed E-state index contributed by atoms with van der Waals surface area (Å²) < 4.78 is 13.0. The van der Waals surface area contributed by atoms with Gasteiger partial charge in [-0.15, -0.1) is 0 Å². The van der Waals surface area contributed by atoms with E-state index in [1.807, 2.05) is 4.90 Å². The number of hydrogen-bond acceptors (Lipinski definition) is 5. The molecule has 8 nitrogen and oxygen atoms in total. The summed E-state index contributed by atoms with van der Waals surface area (Å²) in [5.74, 6) is -0.883. The summed E-state index contributed by atoms with van der Waals surface area (Å²) in [6, 6.07) is 10.8. The molecule has 9 heteroatoms. The molecule has 2 aromatic rings. The average molecular weight is 414 g/mol. The van der Waals surface area contributed by atoms with Crippen LogP contribution in [0.15, 0.2) is 48.5 Å². The lowest BCUT2D eigenvalue weighted by Gasteiger charge is -2.35. The van der Waals surface area contributed by atoms with Crippen molar-refractivity contribution in [2.45, 2.75) is 31.8 Å². The average Bonchev–Trinajstić information content (AvgIpc) is 2.74. The van der Waals surface area contributed by atoms with E-state index in [4.69, 9.17) is 0 Å². The summed E-state index contributed by atoms with van der Waals surface area (Å²) in [5.41, 5.74) is 0.698. The minimum absolute atomic E-state index is 0.0224. The van der Waals surface area contributed by atoms with Gasteiger partial charge in [-0.3, -0.25) is 24.6 Å². The predicted octanol–water partition coefficient (Wildman–Crippen LogP) is 2.96. The van der Waals surface area contributed by atoms with Crippen molar-refractivity contribution in [1.29, 1.82) is 0 Å². The Kier molecular flexibility index (Phi) is 6.73. The number of anilines is 1. The van der Waals surface area contributed by atoms with Crippen molar-refractivity contribution in [3.8, 4) is 0 Å². The van der Waals surface area contributed by atoms with Crippen molar-refractivity contribution < 1.29 is 18.9 Å². The van der Waals surface area contributed by atoms with Crippen molar-refractivity contribution in [2.75, 3.05) is 18.4 Å². The molecule has 0 saturated carbocycles. The second kappa shape index (κ2) is 9.45. The number of carbonyl (C=O) groups excluding carboxylic acids is 2. The summed E-state index contributed by atoms with van der Waals surface area (Å²) in [4.78, 5) is 37.2. The molecule has 1 aliphatic heterocycles. The second-order valence-corrected chi connectivity index (χ2v) is 7.26. The van der Waals surface area contributed by atoms with Crippen molar-refractivity contribution >= 4 is 23.2 Å². The van der Waals surface area contributed by atoms with Crippen LogP contribution in [0, 0.1) is 15.9 Å². The van der Waals surface area contributed by atoms with E-state index in [1.54, 1.807) is 13.0 Å². The summed E-state index contributed by atoms with van der Waals surface area (Å²) in [6.45, 7) is 3.03. The van der Waals surface area contributed by atoms with Crippen molar-refractivity contribution in [2.24, 2.45) is 0 Å². The van der Waals surface area contributed by atoms with Gasteiger partial charge in [0.05, 0.1) is 11.0 Å². The lowest BCUT2D eigenvalue weighted by atomic mass is 10.0. The van der Waals surface area contributed by atoms with E-state index in [0.29, 0.717) is 37.2 Å². The number of non-ortho nitro benzene ring substituents is 1. The van der Waals surface area contributed by atoms with Crippen LogP contribution in [0.2, 0.25) is 0 Å². The van der Waals surface area contributed by atoms with Gasteiger partial charge in [-0.2, -0.15) is 0 Å². The van der Waals surface area contributed by atoms with E-state index in [1.165, 1.54) is 42.5 Å². The van der Waals surface area contributed by atoms with E-state index in [-0.39, 0.29) is 23.5 Å². The third-order valence-electron chi connectivity index (χ3n) is 5.22. The highest BCUT2D eigenvalue weighted by Crippen LogP contribution is 2.19. The number of rotatable bonds is 6. The lowest BCUT2D eigenvalue weighted by molar-refractivity contribution is -0.384. The molecule has 1 aliphatic rings. The van der Waals surface area contributed by atoms with E-state index in [0.717, 1.165) is 0 Å². The zero-order valence-electron chi connectivity index (χ0n) is 16.5. The lowest BCUT2D eigenvalue weighted by Crippen LogP contribution is -2.50. The second-order valence-electron chi connectivity index (χ2n) is 7.26.